The standard InChI is InChI=1S/C22H28N2O2/c1-5-6-7-16(4)22-23-21(24-26-22)19-9-8-18-13-20(25-14-15(2)3)11-10-17(18)12-19/h8-13,15-16H,5-7,14H2,1-4H3. The Morgan fingerprint density at radius 1 is 1.04 bits per heavy atom. The predicted molar refractivity (Wildman–Crippen MR) is 106 cm³/mol. The average molecular weight is 352 g/mol. The Labute approximate surface area is 155 Å². The zero-order valence-electron chi connectivity index (χ0n) is 16.2. The molecule has 1 aromatic heterocycles. The van der Waals surface area contributed by atoms with Crippen LogP contribution in [0.3, 0.4) is 0 Å². The van der Waals surface area contributed by atoms with Gasteiger partial charge in [0.1, 0.15) is 5.75 Å². The molecule has 0 aliphatic rings. The largest absolute Gasteiger partial charge is 0.493 e. The van der Waals surface area contributed by atoms with Gasteiger partial charge in [-0.05, 0) is 41.3 Å². The molecule has 2 aromatic carbocycles. The Morgan fingerprint density at radius 3 is 2.58 bits per heavy atom. The minimum Gasteiger partial charge on any atom is -0.493 e. The van der Waals surface area contributed by atoms with Gasteiger partial charge in [-0.2, -0.15) is 4.98 Å². The third kappa shape index (κ3) is 4.43. The number of nitrogens with zero attached hydrogens (tertiary/aromatic N) is 2. The fourth-order valence-electron chi connectivity index (χ4n) is 2.90. The molecule has 0 N–H and O–H groups in total. The molecule has 1 atom stereocenters. The number of ether oxygens (including phenoxy) is 1. The van der Waals surface area contributed by atoms with Crippen LogP contribution in [0.1, 0.15) is 58.8 Å². The van der Waals surface area contributed by atoms with E-state index in [-0.39, 0.29) is 0 Å². The van der Waals surface area contributed by atoms with Crippen molar-refractivity contribution in [2.75, 3.05) is 6.61 Å². The lowest BCUT2D eigenvalue weighted by atomic mass is 10.0. The van der Waals surface area contributed by atoms with Crippen molar-refractivity contribution in [2.24, 2.45) is 5.92 Å². The van der Waals surface area contributed by atoms with E-state index >= 15 is 0 Å². The van der Waals surface area contributed by atoms with Gasteiger partial charge in [-0.1, -0.05) is 63.9 Å². The van der Waals surface area contributed by atoms with Crippen molar-refractivity contribution < 1.29 is 9.26 Å². The van der Waals surface area contributed by atoms with E-state index in [9.17, 15) is 0 Å². The summed E-state index contributed by atoms with van der Waals surface area (Å²) in [6.07, 6.45) is 3.43. The molecule has 1 unspecified atom stereocenters. The molecule has 0 saturated carbocycles. The van der Waals surface area contributed by atoms with E-state index in [4.69, 9.17) is 9.26 Å². The second-order valence-electron chi connectivity index (χ2n) is 7.43. The highest BCUT2D eigenvalue weighted by Gasteiger charge is 2.15. The summed E-state index contributed by atoms with van der Waals surface area (Å²) in [6.45, 7) is 9.36. The zero-order valence-corrected chi connectivity index (χ0v) is 16.2. The molecule has 0 aliphatic carbocycles. The predicted octanol–water partition coefficient (Wildman–Crippen LogP) is 6.22. The lowest BCUT2D eigenvalue weighted by Crippen LogP contribution is -2.04. The first kappa shape index (κ1) is 18.4. The smallest absolute Gasteiger partial charge is 0.229 e. The minimum absolute atomic E-state index is 0.303. The summed E-state index contributed by atoms with van der Waals surface area (Å²) >= 11 is 0. The van der Waals surface area contributed by atoms with Crippen LogP contribution in [-0.2, 0) is 0 Å². The Morgan fingerprint density at radius 2 is 1.81 bits per heavy atom. The highest BCUT2D eigenvalue weighted by atomic mass is 16.5. The van der Waals surface area contributed by atoms with Gasteiger partial charge >= 0.3 is 0 Å². The number of fused-ring (bicyclic) bond motifs is 1. The van der Waals surface area contributed by atoms with Crippen LogP contribution in [0.15, 0.2) is 40.9 Å². The van der Waals surface area contributed by atoms with Crippen molar-refractivity contribution in [1.29, 1.82) is 0 Å². The molecule has 0 radical (unpaired) electrons. The molecule has 3 aromatic rings. The van der Waals surface area contributed by atoms with Crippen molar-refractivity contribution >= 4 is 10.8 Å². The summed E-state index contributed by atoms with van der Waals surface area (Å²) < 4.78 is 11.3. The quantitative estimate of drug-likeness (QED) is 0.483. The number of hydrogen-bond donors (Lipinski definition) is 0. The van der Waals surface area contributed by atoms with Crippen LogP contribution in [0.2, 0.25) is 0 Å². The van der Waals surface area contributed by atoms with Crippen molar-refractivity contribution in [3.63, 3.8) is 0 Å². The van der Waals surface area contributed by atoms with Gasteiger partial charge in [0.25, 0.3) is 0 Å². The fraction of sp³-hybridized carbons (Fsp3) is 0.455. The van der Waals surface area contributed by atoms with E-state index < -0.39 is 0 Å². The van der Waals surface area contributed by atoms with Crippen LogP contribution < -0.4 is 4.74 Å². The number of unbranched alkanes of at least 4 members (excludes halogenated alkanes) is 1. The van der Waals surface area contributed by atoms with Gasteiger partial charge in [0.05, 0.1) is 6.61 Å². The molecular formula is C22H28N2O2. The molecule has 0 fully saturated rings. The molecule has 0 amide bonds. The van der Waals surface area contributed by atoms with Gasteiger partial charge < -0.3 is 9.26 Å². The third-order valence-corrected chi connectivity index (χ3v) is 4.51. The summed E-state index contributed by atoms with van der Waals surface area (Å²) in [6, 6.07) is 12.4. The molecule has 0 saturated heterocycles. The summed E-state index contributed by atoms with van der Waals surface area (Å²) in [5.41, 5.74) is 0.978. The molecule has 0 aliphatic heterocycles. The van der Waals surface area contributed by atoms with Crippen molar-refractivity contribution in [3.8, 4) is 17.1 Å². The minimum atomic E-state index is 0.303. The Bertz CT molecular complexity index is 854. The van der Waals surface area contributed by atoms with Gasteiger partial charge in [0.2, 0.25) is 11.7 Å². The Kier molecular flexibility index (Phi) is 5.92. The zero-order chi connectivity index (χ0) is 18.5. The first-order valence-corrected chi connectivity index (χ1v) is 9.57. The van der Waals surface area contributed by atoms with E-state index in [1.165, 1.54) is 12.8 Å². The van der Waals surface area contributed by atoms with E-state index in [0.29, 0.717) is 17.7 Å². The fourth-order valence-corrected chi connectivity index (χ4v) is 2.90. The van der Waals surface area contributed by atoms with Gasteiger partial charge in [-0.25, -0.2) is 0 Å². The maximum absolute atomic E-state index is 5.81. The second kappa shape index (κ2) is 8.35. The molecule has 1 heterocycles. The van der Waals surface area contributed by atoms with E-state index in [0.717, 1.165) is 41.0 Å². The van der Waals surface area contributed by atoms with E-state index in [1.54, 1.807) is 0 Å². The van der Waals surface area contributed by atoms with Gasteiger partial charge in [0, 0.05) is 11.5 Å². The summed E-state index contributed by atoms with van der Waals surface area (Å²) in [4.78, 5) is 4.60. The molecule has 4 heteroatoms. The van der Waals surface area contributed by atoms with Crippen molar-refractivity contribution in [2.45, 2.75) is 52.9 Å². The SMILES string of the molecule is CCCCC(C)c1nc(-c2ccc3cc(OCC(C)C)ccc3c2)no1. The first-order valence-electron chi connectivity index (χ1n) is 9.57. The van der Waals surface area contributed by atoms with E-state index in [1.807, 2.05) is 12.1 Å². The van der Waals surface area contributed by atoms with Crippen LogP contribution in [0.4, 0.5) is 0 Å². The molecule has 4 nitrogen and oxygen atoms in total. The van der Waals surface area contributed by atoms with Crippen molar-refractivity contribution in [3.05, 3.63) is 42.3 Å². The molecular weight excluding hydrogens is 324 g/mol. The number of benzene rings is 2. The summed E-state index contributed by atoms with van der Waals surface area (Å²) in [7, 11) is 0. The number of rotatable bonds is 8. The van der Waals surface area contributed by atoms with Crippen LogP contribution in [0.25, 0.3) is 22.2 Å². The highest BCUT2D eigenvalue weighted by Crippen LogP contribution is 2.27. The van der Waals surface area contributed by atoms with Crippen LogP contribution in [-0.4, -0.2) is 16.7 Å². The summed E-state index contributed by atoms with van der Waals surface area (Å²) in [5, 5.41) is 6.47. The molecule has 0 spiro atoms. The van der Waals surface area contributed by atoms with Gasteiger partial charge in [0.15, 0.2) is 0 Å². The molecule has 3 rings (SSSR count). The molecule has 26 heavy (non-hydrogen) atoms. The Hall–Kier alpha value is -2.36. The normalized spacial score (nSPS) is 12.7. The van der Waals surface area contributed by atoms with Crippen molar-refractivity contribution in [1.82, 2.24) is 10.1 Å². The molecule has 0 bridgehead atoms. The van der Waals surface area contributed by atoms with Crippen LogP contribution in [0, 0.1) is 5.92 Å². The second-order valence-corrected chi connectivity index (χ2v) is 7.43. The first-order chi connectivity index (χ1) is 12.6. The third-order valence-electron chi connectivity index (χ3n) is 4.51. The number of aromatic nitrogens is 2. The lowest BCUT2D eigenvalue weighted by Gasteiger charge is -2.09. The maximum Gasteiger partial charge on any atom is 0.229 e. The van der Waals surface area contributed by atoms with Crippen LogP contribution >= 0.6 is 0 Å². The van der Waals surface area contributed by atoms with E-state index in [2.05, 4.69) is 62.1 Å². The lowest BCUT2D eigenvalue weighted by molar-refractivity contribution is 0.271. The topological polar surface area (TPSA) is 48.2 Å². The molecule has 138 valence electrons. The van der Waals surface area contributed by atoms with Gasteiger partial charge in [-0.3, -0.25) is 0 Å². The maximum atomic E-state index is 5.81. The average Bonchev–Trinajstić information content (AvgIpc) is 3.14. The van der Waals surface area contributed by atoms with Gasteiger partial charge in [-0.15, -0.1) is 0 Å². The summed E-state index contributed by atoms with van der Waals surface area (Å²) in [5.74, 6) is 3.11. The monoisotopic (exact) mass is 352 g/mol. The number of hydrogen-bond acceptors (Lipinski definition) is 4. The van der Waals surface area contributed by atoms with Crippen LogP contribution in [0.5, 0.6) is 5.75 Å². The highest BCUT2D eigenvalue weighted by molar-refractivity contribution is 5.87. The Balaban J connectivity index is 1.79.